The third kappa shape index (κ3) is 51.2. The zero-order valence-electron chi connectivity index (χ0n) is 64.0. The van der Waals surface area contributed by atoms with Crippen LogP contribution in [0, 0.1) is 55.5 Å². The van der Waals surface area contributed by atoms with Gasteiger partial charge in [0, 0.05) is 119 Å². The molecular weight excluding hydrogens is 1340 g/mol. The van der Waals surface area contributed by atoms with Crippen LogP contribution in [0.5, 0.6) is 17.2 Å². The molecule has 9 nitrogen and oxygen atoms in total. The van der Waals surface area contributed by atoms with E-state index in [0.717, 1.165) is 81.2 Å². The molecule has 6 N–H and O–H groups in total. The van der Waals surface area contributed by atoms with Crippen LogP contribution in [0.2, 0.25) is 0 Å². The fourth-order valence-electron chi connectivity index (χ4n) is 7.14. The molecule has 5 rings (SSSR count). The first-order valence-electron chi connectivity index (χ1n) is 32.9. The molecule has 0 aliphatic carbocycles. The Morgan fingerprint density at radius 1 is 0.474 bits per heavy atom. The Kier molecular flexibility index (Phi) is 42.8. The number of aromatic nitrogens is 1. The number of aromatic amines is 1. The topological polar surface area (TPSA) is 152 Å². The quantitative estimate of drug-likeness (QED) is 0.0646. The molecule has 5 aromatic rings. The number of sulfonamides is 1. The summed E-state index contributed by atoms with van der Waals surface area (Å²) >= 11 is 0. The van der Waals surface area contributed by atoms with Gasteiger partial charge < -0.3 is 25.6 Å². The van der Waals surface area contributed by atoms with E-state index >= 15 is 0 Å². The van der Waals surface area contributed by atoms with Gasteiger partial charge in [0.05, 0.1) is 6.26 Å². The first kappa shape index (κ1) is 94.5. The Morgan fingerprint density at radius 2 is 0.842 bits per heavy atom. The van der Waals surface area contributed by atoms with Gasteiger partial charge in [-0.1, -0.05) is 282 Å². The Morgan fingerprint density at radius 3 is 1.21 bits per heavy atom. The van der Waals surface area contributed by atoms with E-state index in [1.807, 2.05) is 80.6 Å². The van der Waals surface area contributed by atoms with E-state index in [0.29, 0.717) is 18.0 Å². The molecule has 0 aliphatic rings. The molecule has 0 atom stereocenters. The standard InChI is InChI=1S/C22H28O.2C18H25O.C16H25N.C5H11NO.C4H11NO2S.2Y/c1-21(2,3)13-11-17-15-16-9-7-8-10-18(16)19(20(17)23)12-14-22(4,5)6;1-17(2,3)11-9-14-7-8-16(19)15(13-14)10-12-18(4,5)6;1-17(2,3)12-10-14-8-7-9-15(16(14)19)11-13-18(4,5)6;1-15(2,3)11-9-13-7-8-14(17-13)10-12-16(4,5)6;1-3-4-6-5(2)7;1-3-4-5-8(2,6)7;;/h7-15,23H,1-6H3;7,9-13,19H,1-6H3;8-13,19H,1-6H3;7-12,17H,1-6H3;3-4H2,1-2H3,(H,6,7);5H,3-4H2,1-2H3;;/q;2*-1;;;;;/b13-11+,14-12+;11-9+,12-10+;12-10+,13-11+;11-9+,12-10+;;;;. The zero-order valence-corrected chi connectivity index (χ0v) is 70.5. The number of hydrogen-bond donors (Lipinski definition) is 6. The van der Waals surface area contributed by atoms with Crippen LogP contribution in [-0.2, 0) is 80.2 Å². The number of hydrogen-bond acceptors (Lipinski definition) is 6. The predicted molar refractivity (Wildman–Crippen MR) is 410 cm³/mol. The Labute approximate surface area is 630 Å². The molecule has 0 fully saturated rings. The summed E-state index contributed by atoms with van der Waals surface area (Å²) < 4.78 is 22.9. The molecule has 522 valence electrons. The molecular formula is C83H125N3O6SY2-2. The maximum Gasteiger partial charge on any atom is 0.216 e. The number of carbonyl (C=O) groups excluding carboxylic acids is 1. The number of allylic oxidation sites excluding steroid dienone is 8. The Hall–Kier alpha value is -4.67. The van der Waals surface area contributed by atoms with Crippen molar-refractivity contribution in [1.82, 2.24) is 15.0 Å². The molecule has 0 saturated carbocycles. The van der Waals surface area contributed by atoms with Crippen molar-refractivity contribution in [3.05, 3.63) is 172 Å². The number of H-pyrrole nitrogens is 1. The molecule has 95 heavy (non-hydrogen) atoms. The molecule has 0 bridgehead atoms. The fraction of sp³-hybridized carbons (Fsp3) is 0.482. The minimum atomic E-state index is -2.94. The number of fused-ring (bicyclic) bond motifs is 1. The summed E-state index contributed by atoms with van der Waals surface area (Å²) in [6.45, 7) is 58.6. The van der Waals surface area contributed by atoms with Crippen LogP contribution in [0.15, 0.2) is 115 Å². The summed E-state index contributed by atoms with van der Waals surface area (Å²) in [5.74, 6) is 0.930. The van der Waals surface area contributed by atoms with E-state index in [1.165, 1.54) is 6.92 Å². The number of benzene rings is 4. The largest absolute Gasteiger partial charge is 0.533 e. The second-order valence-electron chi connectivity index (χ2n) is 32.5. The molecule has 4 aromatic carbocycles. The van der Waals surface area contributed by atoms with Gasteiger partial charge in [-0.3, -0.25) is 4.79 Å². The molecule has 1 aromatic heterocycles. The minimum Gasteiger partial charge on any atom is -0.533 e. The van der Waals surface area contributed by atoms with Crippen molar-refractivity contribution >= 4 is 75.3 Å². The molecule has 0 unspecified atom stereocenters. The number of amides is 1. The number of rotatable bonds is 13. The normalized spacial score (nSPS) is 12.8. The van der Waals surface area contributed by atoms with E-state index < -0.39 is 10.0 Å². The molecule has 0 saturated heterocycles. The summed E-state index contributed by atoms with van der Waals surface area (Å²) in [6.07, 6.45) is 36.5. The van der Waals surface area contributed by atoms with E-state index in [4.69, 9.17) is 0 Å². The fourth-order valence-corrected chi connectivity index (χ4v) is 7.72. The van der Waals surface area contributed by atoms with E-state index in [9.17, 15) is 28.5 Å². The van der Waals surface area contributed by atoms with Gasteiger partial charge in [0.25, 0.3) is 0 Å². The summed E-state index contributed by atoms with van der Waals surface area (Å²) in [5, 5.41) is 35.8. The molecule has 2 radical (unpaired) electrons. The Bertz CT molecular complexity index is 3310. The van der Waals surface area contributed by atoms with Crippen molar-refractivity contribution in [2.24, 2.45) is 43.3 Å². The first-order chi connectivity index (χ1) is 42.2. The second-order valence-corrected chi connectivity index (χ2v) is 34.3. The molecule has 1 heterocycles. The molecule has 0 aliphatic heterocycles. The second kappa shape index (κ2) is 43.0. The van der Waals surface area contributed by atoms with Crippen LogP contribution in [0.3, 0.4) is 0 Å². The Balaban J connectivity index is -0.00000110. The van der Waals surface area contributed by atoms with Gasteiger partial charge in [0.1, 0.15) is 5.75 Å². The van der Waals surface area contributed by atoms with Gasteiger partial charge in [-0.2, -0.15) is 30.3 Å². The van der Waals surface area contributed by atoms with Crippen LogP contribution in [0.4, 0.5) is 0 Å². The van der Waals surface area contributed by atoms with Gasteiger partial charge in [-0.15, -0.1) is 35.9 Å². The van der Waals surface area contributed by atoms with Gasteiger partial charge in [-0.25, -0.2) is 13.1 Å². The molecule has 12 heteroatoms. The number of phenols is 3. The average Bonchev–Trinajstić information content (AvgIpc) is 1.21. The van der Waals surface area contributed by atoms with Crippen molar-refractivity contribution in [2.45, 2.75) is 200 Å². The van der Waals surface area contributed by atoms with Crippen molar-refractivity contribution < 1.29 is 94.0 Å². The third-order valence-corrected chi connectivity index (χ3v) is 12.9. The third-order valence-electron chi connectivity index (χ3n) is 12.2. The zero-order chi connectivity index (χ0) is 72.0. The van der Waals surface area contributed by atoms with Crippen molar-refractivity contribution in [3.63, 3.8) is 0 Å². The van der Waals surface area contributed by atoms with E-state index in [1.54, 1.807) is 0 Å². The first-order valence-corrected chi connectivity index (χ1v) is 34.7. The molecule has 1 amide bonds. The number of aromatic hydroxyl groups is 3. The SMILES string of the molecule is CC(C)(C)/C=C/c1c[c-]c(O)c(/C=C/C(C)(C)C)c1.CC(C)(C)/C=C/c1c[c-]cc(/C=C/C(C)(C)C)c1O.CC(C)(C)/C=C/c1cc2ccccc2c(/C=C/C(C)(C)C)c1O.CC(C)(C)/C=C/c1ccc(/C=C/C(C)(C)C)[nH]1.CCCNC(C)=O.CCCNS(C)(=O)=O.[Y].[Y]. The smallest absolute Gasteiger partial charge is 0.216 e. The van der Waals surface area contributed by atoms with Crippen molar-refractivity contribution in [3.8, 4) is 17.2 Å². The van der Waals surface area contributed by atoms with Crippen LogP contribution < -0.4 is 10.0 Å². The van der Waals surface area contributed by atoms with Gasteiger partial charge in [0.15, 0.2) is 0 Å². The minimum absolute atomic E-state index is 0. The summed E-state index contributed by atoms with van der Waals surface area (Å²) in [5.41, 5.74) is 8.64. The van der Waals surface area contributed by atoms with Gasteiger partial charge in [0.2, 0.25) is 15.9 Å². The summed E-state index contributed by atoms with van der Waals surface area (Å²) in [4.78, 5) is 13.5. The van der Waals surface area contributed by atoms with Gasteiger partial charge >= 0.3 is 0 Å². The van der Waals surface area contributed by atoms with E-state index in [2.05, 4.69) is 290 Å². The number of nitrogens with one attached hydrogen (secondary N) is 3. The predicted octanol–water partition coefficient (Wildman–Crippen LogP) is 22.9. The number of carbonyl (C=O) groups is 1. The summed E-state index contributed by atoms with van der Waals surface area (Å²) in [6, 6.07) is 27.9. The van der Waals surface area contributed by atoms with Gasteiger partial charge in [-0.05, 0) is 97.3 Å². The van der Waals surface area contributed by atoms with Crippen LogP contribution in [0.1, 0.15) is 245 Å². The monoisotopic (exact) mass is 1470 g/mol. The maximum atomic E-state index is 10.8. The summed E-state index contributed by atoms with van der Waals surface area (Å²) in [7, 11) is -2.94. The van der Waals surface area contributed by atoms with Crippen molar-refractivity contribution in [1.29, 1.82) is 0 Å². The van der Waals surface area contributed by atoms with E-state index in [-0.39, 0.29) is 120 Å². The molecule has 0 spiro atoms. The maximum absolute atomic E-state index is 10.8. The van der Waals surface area contributed by atoms with Crippen LogP contribution in [-0.4, -0.2) is 54.0 Å². The van der Waals surface area contributed by atoms with Crippen LogP contribution in [0.25, 0.3) is 59.4 Å². The average molecular weight is 1470 g/mol. The van der Waals surface area contributed by atoms with Crippen molar-refractivity contribution in [2.75, 3.05) is 19.3 Å². The number of phenolic OH excluding ortho intramolecular Hbond substituents is 3. The van der Waals surface area contributed by atoms with Crippen LogP contribution >= 0.6 is 0 Å².